The van der Waals surface area contributed by atoms with Gasteiger partial charge in [-0.2, -0.15) is 0 Å². The van der Waals surface area contributed by atoms with Crippen LogP contribution < -0.4 is 24.6 Å². The maximum absolute atomic E-state index is 14.5. The number of methoxy groups -OCH3 is 1. The van der Waals surface area contributed by atoms with Gasteiger partial charge in [0, 0.05) is 57.3 Å². The van der Waals surface area contributed by atoms with Crippen molar-refractivity contribution >= 4 is 17.3 Å². The lowest BCUT2D eigenvalue weighted by Crippen LogP contribution is -2.67. The van der Waals surface area contributed by atoms with E-state index in [1.54, 1.807) is 7.11 Å². The Morgan fingerprint density at radius 2 is 2.02 bits per heavy atom. The molecule has 0 radical (unpaired) electrons. The van der Waals surface area contributed by atoms with Crippen molar-refractivity contribution < 1.29 is 18.7 Å². The number of ether oxygens (including phenoxy) is 2. The summed E-state index contributed by atoms with van der Waals surface area (Å²) >= 11 is 0. The second kappa shape index (κ2) is 10.1. The van der Waals surface area contributed by atoms with Crippen LogP contribution >= 0.6 is 0 Å². The molecule has 0 spiro atoms. The van der Waals surface area contributed by atoms with Gasteiger partial charge >= 0.3 is 0 Å². The second-order valence-electron chi connectivity index (χ2n) is 13.1. The van der Waals surface area contributed by atoms with E-state index < -0.39 is 6.17 Å². The fourth-order valence-corrected chi connectivity index (χ4v) is 8.89. The average molecular weight is 577 g/mol. The maximum atomic E-state index is 14.5. The molecule has 224 valence electrons. The highest BCUT2D eigenvalue weighted by Gasteiger charge is 2.54. The molecule has 7 heterocycles. The lowest BCUT2D eigenvalue weighted by Gasteiger charge is -2.52. The van der Waals surface area contributed by atoms with Crippen molar-refractivity contribution in [2.45, 2.75) is 81.5 Å². The molecule has 4 saturated heterocycles. The minimum Gasteiger partial charge on any atom is -0.497 e. The molecule has 1 aromatic carbocycles. The summed E-state index contributed by atoms with van der Waals surface area (Å²) < 4.78 is 26.5. The van der Waals surface area contributed by atoms with E-state index in [-0.39, 0.29) is 23.5 Å². The van der Waals surface area contributed by atoms with Gasteiger partial charge in [0.15, 0.2) is 0 Å². The van der Waals surface area contributed by atoms with Crippen LogP contribution in [0.15, 0.2) is 24.3 Å². The van der Waals surface area contributed by atoms with Crippen LogP contribution in [0.3, 0.4) is 0 Å². The number of aromatic nitrogens is 1. The Balaban J connectivity index is 1.14. The summed E-state index contributed by atoms with van der Waals surface area (Å²) in [4.78, 5) is 28.4. The molecule has 6 aliphatic rings. The lowest BCUT2D eigenvalue weighted by molar-refractivity contribution is -0.122. The summed E-state index contributed by atoms with van der Waals surface area (Å²) in [5.41, 5.74) is 5.17. The van der Waals surface area contributed by atoms with Gasteiger partial charge < -0.3 is 24.6 Å². The van der Waals surface area contributed by atoms with Gasteiger partial charge in [-0.05, 0) is 62.9 Å². The zero-order valence-corrected chi connectivity index (χ0v) is 24.6. The third-order valence-electron chi connectivity index (χ3n) is 10.9. The predicted molar refractivity (Wildman–Crippen MR) is 158 cm³/mol. The Morgan fingerprint density at radius 1 is 1.17 bits per heavy atom. The SMILES string of the molecule is COc1ccc(CN2C3CCC2C2C(=O)N(C)c4c(OC[C@@]56CCCN5C[C@H](F)C6)nc5c(c4N2C3)CCNC5)cc1. The Labute approximate surface area is 246 Å². The first-order valence-corrected chi connectivity index (χ1v) is 15.7. The molecular weight excluding hydrogens is 535 g/mol. The second-order valence-corrected chi connectivity index (χ2v) is 13.1. The molecule has 6 aliphatic heterocycles. The van der Waals surface area contributed by atoms with E-state index in [1.165, 1.54) is 11.1 Å². The molecule has 2 bridgehead atoms. The monoisotopic (exact) mass is 576 g/mol. The predicted octanol–water partition coefficient (Wildman–Crippen LogP) is 2.89. The largest absolute Gasteiger partial charge is 0.497 e. The van der Waals surface area contributed by atoms with Crippen molar-refractivity contribution in [3.8, 4) is 11.6 Å². The summed E-state index contributed by atoms with van der Waals surface area (Å²) in [5, 5.41) is 3.49. The molecule has 42 heavy (non-hydrogen) atoms. The van der Waals surface area contributed by atoms with Gasteiger partial charge in [-0.25, -0.2) is 9.37 Å². The van der Waals surface area contributed by atoms with Crippen LogP contribution in [0.2, 0.25) is 0 Å². The summed E-state index contributed by atoms with van der Waals surface area (Å²) in [6.45, 7) is 5.05. The number of anilines is 2. The number of rotatable bonds is 6. The average Bonchev–Trinajstić information content (AvgIpc) is 3.61. The fourth-order valence-electron chi connectivity index (χ4n) is 8.89. The van der Waals surface area contributed by atoms with E-state index in [4.69, 9.17) is 14.5 Å². The minimum absolute atomic E-state index is 0.110. The lowest BCUT2D eigenvalue weighted by atomic mass is 9.92. The van der Waals surface area contributed by atoms with Gasteiger partial charge in [-0.15, -0.1) is 0 Å². The van der Waals surface area contributed by atoms with Crippen molar-refractivity contribution in [1.29, 1.82) is 0 Å². The van der Waals surface area contributed by atoms with E-state index in [2.05, 4.69) is 32.1 Å². The van der Waals surface area contributed by atoms with Crippen LogP contribution in [0.25, 0.3) is 0 Å². The quantitative estimate of drug-likeness (QED) is 0.563. The Bertz CT molecular complexity index is 1390. The molecule has 3 unspecified atom stereocenters. The first kappa shape index (κ1) is 26.7. The van der Waals surface area contributed by atoms with Crippen LogP contribution in [0.4, 0.5) is 15.8 Å². The highest BCUT2D eigenvalue weighted by Crippen LogP contribution is 2.51. The van der Waals surface area contributed by atoms with Crippen LogP contribution in [0, 0.1) is 0 Å². The molecule has 0 saturated carbocycles. The summed E-state index contributed by atoms with van der Waals surface area (Å²) in [5.74, 6) is 1.49. The molecule has 1 N–H and O–H groups in total. The third-order valence-corrected chi connectivity index (χ3v) is 10.9. The number of nitrogens with one attached hydrogen (secondary N) is 1. The number of carbonyl (C=O) groups excluding carboxylic acids is 1. The molecule has 5 atom stereocenters. The number of alkyl halides is 1. The zero-order valence-electron chi connectivity index (χ0n) is 24.6. The van der Waals surface area contributed by atoms with Gasteiger partial charge in [0.2, 0.25) is 5.88 Å². The fraction of sp³-hybridized carbons (Fsp3) is 0.625. The number of fused-ring (bicyclic) bond motifs is 9. The van der Waals surface area contributed by atoms with Crippen molar-refractivity contribution in [3.63, 3.8) is 0 Å². The van der Waals surface area contributed by atoms with E-state index in [0.717, 1.165) is 81.1 Å². The summed E-state index contributed by atoms with van der Waals surface area (Å²) in [6, 6.07) is 8.58. The maximum Gasteiger partial charge on any atom is 0.251 e. The smallest absolute Gasteiger partial charge is 0.251 e. The Morgan fingerprint density at radius 3 is 2.86 bits per heavy atom. The molecule has 4 fully saturated rings. The Hall–Kier alpha value is -2.95. The van der Waals surface area contributed by atoms with Gasteiger partial charge in [-0.1, -0.05) is 12.1 Å². The molecule has 10 heteroatoms. The highest BCUT2D eigenvalue weighted by molar-refractivity contribution is 6.08. The number of benzene rings is 1. The Kier molecular flexibility index (Phi) is 6.39. The highest BCUT2D eigenvalue weighted by atomic mass is 19.1. The van der Waals surface area contributed by atoms with Crippen LogP contribution in [-0.4, -0.2) is 97.5 Å². The molecule has 9 nitrogen and oxygen atoms in total. The molecule has 0 aliphatic carbocycles. The van der Waals surface area contributed by atoms with Gasteiger partial charge in [-0.3, -0.25) is 14.6 Å². The summed E-state index contributed by atoms with van der Waals surface area (Å²) in [7, 11) is 3.58. The van der Waals surface area contributed by atoms with Crippen molar-refractivity contribution in [3.05, 3.63) is 41.1 Å². The van der Waals surface area contributed by atoms with Crippen LogP contribution in [0.1, 0.15) is 48.9 Å². The number of pyridine rings is 1. The number of hydrogen-bond acceptors (Lipinski definition) is 8. The topological polar surface area (TPSA) is 73.4 Å². The van der Waals surface area contributed by atoms with E-state index in [0.29, 0.717) is 38.0 Å². The van der Waals surface area contributed by atoms with Gasteiger partial charge in [0.25, 0.3) is 5.91 Å². The standard InChI is InChI=1S/C32H41FN6O3/c1-36-29-27(24-10-12-34-15-25(24)35-30(29)42-19-32-11-3-13-37(32)17-21(33)14-32)39-18-22-6-9-26(28(39)31(36)40)38(22)16-20-4-7-23(41-2)8-5-20/h4-5,7-8,21-22,26,28,34H,3,6,9-19H2,1-2H3/t21-,22?,26?,28?,32+/m1/s1. The number of hydrogen-bond donors (Lipinski definition) is 1. The van der Waals surface area contributed by atoms with Gasteiger partial charge in [0.05, 0.1) is 24.0 Å². The number of carbonyl (C=O) groups is 1. The normalized spacial score (nSPS) is 32.0. The van der Waals surface area contributed by atoms with Crippen molar-refractivity contribution in [2.75, 3.05) is 56.7 Å². The van der Waals surface area contributed by atoms with Gasteiger partial charge in [0.1, 0.15) is 30.3 Å². The van der Waals surface area contributed by atoms with Crippen LogP contribution in [-0.2, 0) is 24.3 Å². The first-order chi connectivity index (χ1) is 20.5. The number of amides is 1. The van der Waals surface area contributed by atoms with E-state index in [1.807, 2.05) is 24.1 Å². The molecule has 2 aromatic rings. The number of nitrogens with zero attached hydrogens (tertiary/aromatic N) is 5. The first-order valence-electron chi connectivity index (χ1n) is 15.7. The van der Waals surface area contributed by atoms with E-state index in [9.17, 15) is 9.18 Å². The van der Waals surface area contributed by atoms with Crippen molar-refractivity contribution in [2.24, 2.45) is 0 Å². The zero-order chi connectivity index (χ0) is 28.6. The number of halogens is 1. The minimum atomic E-state index is -0.807. The molecular formula is C32H41FN6O3. The van der Waals surface area contributed by atoms with Crippen molar-refractivity contribution in [1.82, 2.24) is 20.1 Å². The third kappa shape index (κ3) is 4.05. The number of likely N-dealkylation sites (N-methyl/N-ethyl adjacent to an activating group) is 1. The summed E-state index contributed by atoms with van der Waals surface area (Å²) in [6.07, 6.45) is 4.69. The number of piperazine rings is 1. The van der Waals surface area contributed by atoms with E-state index >= 15 is 0 Å². The van der Waals surface area contributed by atoms with Crippen LogP contribution in [0.5, 0.6) is 11.6 Å². The molecule has 1 aromatic heterocycles. The molecule has 8 rings (SSSR count). The molecule has 1 amide bonds.